The summed E-state index contributed by atoms with van der Waals surface area (Å²) in [6.45, 7) is 8.13. The largest absolute Gasteiger partial charge is 0.489 e. The summed E-state index contributed by atoms with van der Waals surface area (Å²) in [5.74, 6) is 0.578. The average molecular weight is 395 g/mol. The summed E-state index contributed by atoms with van der Waals surface area (Å²) in [5.41, 5.74) is 2.57. The summed E-state index contributed by atoms with van der Waals surface area (Å²) >= 11 is 12.4. The third kappa shape index (κ3) is 5.82. The predicted octanol–water partition coefficient (Wildman–Crippen LogP) is 5.99. The van der Waals surface area contributed by atoms with Gasteiger partial charge in [0.05, 0.1) is 11.1 Å². The van der Waals surface area contributed by atoms with Crippen LogP contribution in [0.4, 0.5) is 11.4 Å². The van der Waals surface area contributed by atoms with E-state index in [0.29, 0.717) is 22.3 Å². The van der Waals surface area contributed by atoms with E-state index >= 15 is 0 Å². The number of ether oxygens (including phenoxy) is 1. The molecule has 4 nitrogen and oxygen atoms in total. The lowest BCUT2D eigenvalue weighted by atomic mass is 10.1. The zero-order chi connectivity index (χ0) is 19.3. The lowest BCUT2D eigenvalue weighted by Crippen LogP contribution is -2.17. The number of carbonyl (C=O) groups is 1. The van der Waals surface area contributed by atoms with Gasteiger partial charge in [-0.3, -0.25) is 4.79 Å². The van der Waals surface area contributed by atoms with E-state index in [1.165, 1.54) is 0 Å². The summed E-state index contributed by atoms with van der Waals surface area (Å²) in [6, 6.07) is 11.1. The Bertz CT molecular complexity index is 759. The highest BCUT2D eigenvalue weighted by Crippen LogP contribution is 2.33. The maximum Gasteiger partial charge on any atom is 0.226 e. The van der Waals surface area contributed by atoms with E-state index in [9.17, 15) is 4.79 Å². The molecule has 2 aromatic carbocycles. The van der Waals surface area contributed by atoms with Crippen LogP contribution in [-0.2, 0) is 11.3 Å². The van der Waals surface area contributed by atoms with E-state index in [2.05, 4.69) is 10.6 Å². The van der Waals surface area contributed by atoms with E-state index < -0.39 is 0 Å². The van der Waals surface area contributed by atoms with E-state index in [1.807, 2.05) is 58.0 Å². The Balaban J connectivity index is 2.08. The first kappa shape index (κ1) is 20.4. The van der Waals surface area contributed by atoms with Gasteiger partial charge in [0.1, 0.15) is 5.75 Å². The number of nitrogens with one attached hydrogen (secondary N) is 2. The maximum atomic E-state index is 11.7. The summed E-state index contributed by atoms with van der Waals surface area (Å²) in [5, 5.41) is 7.25. The van der Waals surface area contributed by atoms with Crippen molar-refractivity contribution < 1.29 is 9.53 Å². The van der Waals surface area contributed by atoms with Crippen molar-refractivity contribution in [3.63, 3.8) is 0 Å². The molecule has 0 saturated heterocycles. The maximum absolute atomic E-state index is 11.7. The quantitative estimate of drug-likeness (QED) is 0.606. The lowest BCUT2D eigenvalue weighted by molar-refractivity contribution is -0.118. The predicted molar refractivity (Wildman–Crippen MR) is 109 cm³/mol. The number of hydrogen-bond donors (Lipinski definition) is 2. The number of hydrogen-bond acceptors (Lipinski definition) is 3. The van der Waals surface area contributed by atoms with Crippen molar-refractivity contribution in [1.82, 2.24) is 0 Å². The molecule has 26 heavy (non-hydrogen) atoms. The Kier molecular flexibility index (Phi) is 7.18. The minimum Gasteiger partial charge on any atom is -0.489 e. The highest BCUT2D eigenvalue weighted by atomic mass is 35.5. The first-order valence-electron chi connectivity index (χ1n) is 8.55. The fraction of sp³-hybridized carbons (Fsp3) is 0.350. The van der Waals surface area contributed by atoms with Gasteiger partial charge in [-0.25, -0.2) is 0 Å². The number of benzene rings is 2. The molecule has 0 aliphatic heterocycles. The van der Waals surface area contributed by atoms with E-state index in [0.717, 1.165) is 16.9 Å². The van der Waals surface area contributed by atoms with Crippen molar-refractivity contribution in [1.29, 1.82) is 0 Å². The molecule has 0 aliphatic carbocycles. The van der Waals surface area contributed by atoms with Crippen LogP contribution in [0.5, 0.6) is 5.75 Å². The van der Waals surface area contributed by atoms with Gasteiger partial charge in [0.25, 0.3) is 0 Å². The first-order chi connectivity index (χ1) is 12.3. The van der Waals surface area contributed by atoms with Gasteiger partial charge >= 0.3 is 0 Å². The Morgan fingerprint density at radius 1 is 1.04 bits per heavy atom. The first-order valence-corrected chi connectivity index (χ1v) is 9.31. The van der Waals surface area contributed by atoms with Gasteiger partial charge in [-0.2, -0.15) is 0 Å². The molecule has 0 saturated carbocycles. The molecule has 2 rings (SSSR count). The van der Waals surface area contributed by atoms with Crippen LogP contribution in [0.15, 0.2) is 36.4 Å². The molecule has 0 unspecified atom stereocenters. The third-order valence-corrected chi connectivity index (χ3v) is 4.10. The smallest absolute Gasteiger partial charge is 0.226 e. The molecule has 0 spiro atoms. The van der Waals surface area contributed by atoms with E-state index in [-0.39, 0.29) is 17.9 Å². The fourth-order valence-electron chi connectivity index (χ4n) is 2.27. The van der Waals surface area contributed by atoms with Crippen molar-refractivity contribution in [2.45, 2.75) is 40.3 Å². The van der Waals surface area contributed by atoms with Crippen molar-refractivity contribution in [3.05, 3.63) is 52.0 Å². The zero-order valence-electron chi connectivity index (χ0n) is 15.4. The second kappa shape index (κ2) is 9.15. The zero-order valence-corrected chi connectivity index (χ0v) is 16.9. The fourth-order valence-corrected chi connectivity index (χ4v) is 2.85. The highest BCUT2D eigenvalue weighted by molar-refractivity contribution is 6.35. The molecule has 0 bridgehead atoms. The Labute approximate surface area is 164 Å². The molecule has 140 valence electrons. The minimum atomic E-state index is -0.0558. The van der Waals surface area contributed by atoms with Crippen LogP contribution in [0.1, 0.15) is 33.3 Å². The normalized spacial score (nSPS) is 10.9. The molecule has 2 N–H and O–H groups in total. The molecular weight excluding hydrogens is 371 g/mol. The average Bonchev–Trinajstić information content (AvgIpc) is 2.56. The van der Waals surface area contributed by atoms with Gasteiger partial charge in [0.15, 0.2) is 0 Å². The SMILES string of the molecule is CC(C)Oc1c(Cl)cc(Cl)cc1CNc1ccc(NC(=O)C(C)C)cc1. The third-order valence-electron chi connectivity index (χ3n) is 3.60. The Hall–Kier alpha value is -1.91. The van der Waals surface area contributed by atoms with Gasteiger partial charge < -0.3 is 15.4 Å². The highest BCUT2D eigenvalue weighted by Gasteiger charge is 2.12. The van der Waals surface area contributed by atoms with Crippen LogP contribution < -0.4 is 15.4 Å². The molecule has 0 fully saturated rings. The molecule has 2 aromatic rings. The van der Waals surface area contributed by atoms with E-state index in [4.69, 9.17) is 27.9 Å². The molecule has 1 amide bonds. The van der Waals surface area contributed by atoms with Crippen LogP contribution in [0.3, 0.4) is 0 Å². The van der Waals surface area contributed by atoms with Gasteiger partial charge in [0, 0.05) is 34.4 Å². The number of halogens is 2. The number of rotatable bonds is 7. The van der Waals surface area contributed by atoms with Crippen molar-refractivity contribution >= 4 is 40.5 Å². The lowest BCUT2D eigenvalue weighted by Gasteiger charge is -2.17. The van der Waals surface area contributed by atoms with Crippen LogP contribution in [-0.4, -0.2) is 12.0 Å². The summed E-state index contributed by atoms with van der Waals surface area (Å²) in [7, 11) is 0. The topological polar surface area (TPSA) is 50.4 Å². The molecule has 0 aliphatic rings. The van der Waals surface area contributed by atoms with Gasteiger partial charge in [-0.15, -0.1) is 0 Å². The number of anilines is 2. The van der Waals surface area contributed by atoms with Crippen molar-refractivity contribution in [2.75, 3.05) is 10.6 Å². The van der Waals surface area contributed by atoms with Crippen molar-refractivity contribution in [3.8, 4) is 5.75 Å². The number of carbonyl (C=O) groups excluding carboxylic acids is 1. The van der Waals surface area contributed by atoms with Crippen LogP contribution in [0, 0.1) is 5.92 Å². The van der Waals surface area contributed by atoms with Gasteiger partial charge in [-0.1, -0.05) is 37.0 Å². The standard InChI is InChI=1S/C20H24Cl2N2O2/c1-12(2)20(25)24-17-7-5-16(6-8-17)23-11-14-9-15(21)10-18(22)19(14)26-13(3)4/h5-10,12-13,23H,11H2,1-4H3,(H,24,25). The summed E-state index contributed by atoms with van der Waals surface area (Å²) in [4.78, 5) is 11.7. The monoisotopic (exact) mass is 394 g/mol. The van der Waals surface area contributed by atoms with E-state index in [1.54, 1.807) is 6.07 Å². The van der Waals surface area contributed by atoms with Crippen LogP contribution >= 0.6 is 23.2 Å². The molecule has 0 atom stereocenters. The molecular formula is C20H24Cl2N2O2. The van der Waals surface area contributed by atoms with Crippen molar-refractivity contribution in [2.24, 2.45) is 5.92 Å². The van der Waals surface area contributed by atoms with Crippen LogP contribution in [0.25, 0.3) is 0 Å². The molecule has 0 radical (unpaired) electrons. The number of amides is 1. The molecule has 0 aromatic heterocycles. The molecule has 0 heterocycles. The summed E-state index contributed by atoms with van der Waals surface area (Å²) in [6.07, 6.45) is 0.0104. The van der Waals surface area contributed by atoms with Gasteiger partial charge in [-0.05, 0) is 50.2 Å². The second-order valence-electron chi connectivity index (χ2n) is 6.62. The van der Waals surface area contributed by atoms with Crippen LogP contribution in [0.2, 0.25) is 10.0 Å². The summed E-state index contributed by atoms with van der Waals surface area (Å²) < 4.78 is 5.83. The Morgan fingerprint density at radius 3 is 2.23 bits per heavy atom. The Morgan fingerprint density at radius 2 is 1.65 bits per heavy atom. The molecule has 6 heteroatoms. The second-order valence-corrected chi connectivity index (χ2v) is 7.46. The van der Waals surface area contributed by atoms with Gasteiger partial charge in [0.2, 0.25) is 5.91 Å². The minimum absolute atomic E-state index is 0.00486.